The highest BCUT2D eigenvalue weighted by Crippen LogP contribution is 2.27. The van der Waals surface area contributed by atoms with E-state index in [1.165, 1.54) is 14.2 Å². The minimum absolute atomic E-state index is 0.131. The van der Waals surface area contributed by atoms with Crippen molar-refractivity contribution in [2.45, 2.75) is 20.4 Å². The predicted octanol–water partition coefficient (Wildman–Crippen LogP) is 3.09. The van der Waals surface area contributed by atoms with E-state index >= 15 is 0 Å². The Hall–Kier alpha value is -3.28. The Bertz CT molecular complexity index is 1070. The molecule has 1 aromatic heterocycles. The summed E-state index contributed by atoms with van der Waals surface area (Å²) in [5.74, 6) is 0.724. The lowest BCUT2D eigenvalue weighted by Gasteiger charge is -2.11. The van der Waals surface area contributed by atoms with Gasteiger partial charge in [-0.3, -0.25) is 9.59 Å². The summed E-state index contributed by atoms with van der Waals surface area (Å²) < 4.78 is 10.4. The van der Waals surface area contributed by atoms with Crippen molar-refractivity contribution < 1.29 is 14.3 Å². The van der Waals surface area contributed by atoms with Crippen LogP contribution in [0.5, 0.6) is 11.5 Å². The van der Waals surface area contributed by atoms with Crippen LogP contribution in [-0.2, 0) is 6.54 Å². The van der Waals surface area contributed by atoms with Crippen molar-refractivity contribution in [1.82, 2.24) is 10.3 Å². The second kappa shape index (κ2) is 7.53. The minimum Gasteiger partial charge on any atom is -0.493 e. The molecule has 0 radical (unpaired) electrons. The van der Waals surface area contributed by atoms with Crippen molar-refractivity contribution in [1.29, 1.82) is 0 Å². The number of aromatic nitrogens is 1. The first-order valence-corrected chi connectivity index (χ1v) is 8.56. The molecule has 0 unspecified atom stereocenters. The second-order valence-electron chi connectivity index (χ2n) is 6.42. The van der Waals surface area contributed by atoms with Gasteiger partial charge in [-0.05, 0) is 55.3 Å². The molecule has 0 bridgehead atoms. The largest absolute Gasteiger partial charge is 0.493 e. The first-order chi connectivity index (χ1) is 12.9. The number of H-pyrrole nitrogens is 1. The molecule has 1 amide bonds. The number of hydrogen-bond donors (Lipinski definition) is 2. The zero-order valence-electron chi connectivity index (χ0n) is 15.8. The van der Waals surface area contributed by atoms with Gasteiger partial charge < -0.3 is 19.8 Å². The maximum Gasteiger partial charge on any atom is 0.253 e. The average molecular weight is 366 g/mol. The number of fused-ring (bicyclic) bond motifs is 1. The van der Waals surface area contributed by atoms with Crippen LogP contribution in [0.2, 0.25) is 0 Å². The standard InChI is InChI=1S/C21H22N2O4/c1-12-7-13(2)16-9-15(21(25)23-17(16)8-12)11-22-20(24)14-5-6-18(26-3)19(10-14)27-4/h5-10H,11H2,1-4H3,(H,22,24)(H,23,25). The number of hydrogen-bond acceptors (Lipinski definition) is 4. The number of amides is 1. The molecule has 27 heavy (non-hydrogen) atoms. The number of ether oxygens (including phenoxy) is 2. The highest BCUT2D eigenvalue weighted by Gasteiger charge is 2.12. The molecule has 0 saturated carbocycles. The molecule has 0 aliphatic carbocycles. The van der Waals surface area contributed by atoms with Gasteiger partial charge in [0.2, 0.25) is 0 Å². The van der Waals surface area contributed by atoms with Crippen LogP contribution in [-0.4, -0.2) is 25.1 Å². The first-order valence-electron chi connectivity index (χ1n) is 8.56. The van der Waals surface area contributed by atoms with E-state index in [1.54, 1.807) is 18.2 Å². The predicted molar refractivity (Wildman–Crippen MR) is 105 cm³/mol. The molecule has 6 heteroatoms. The molecule has 3 rings (SSSR count). The van der Waals surface area contributed by atoms with Crippen LogP contribution in [0.3, 0.4) is 0 Å². The van der Waals surface area contributed by atoms with Crippen molar-refractivity contribution in [3.05, 3.63) is 69.0 Å². The lowest BCUT2D eigenvalue weighted by molar-refractivity contribution is 0.0950. The van der Waals surface area contributed by atoms with E-state index in [0.29, 0.717) is 22.6 Å². The van der Waals surface area contributed by atoms with E-state index in [0.717, 1.165) is 22.0 Å². The molecular formula is C21H22N2O4. The molecule has 1 heterocycles. The van der Waals surface area contributed by atoms with Gasteiger partial charge in [0.1, 0.15) is 0 Å². The number of rotatable bonds is 5. The third-order valence-corrected chi connectivity index (χ3v) is 4.47. The topological polar surface area (TPSA) is 80.4 Å². The fourth-order valence-electron chi connectivity index (χ4n) is 3.10. The molecule has 6 nitrogen and oxygen atoms in total. The van der Waals surface area contributed by atoms with Crippen LogP contribution in [0.15, 0.2) is 41.2 Å². The van der Waals surface area contributed by atoms with E-state index in [9.17, 15) is 9.59 Å². The highest BCUT2D eigenvalue weighted by molar-refractivity contribution is 5.95. The van der Waals surface area contributed by atoms with Crippen molar-refractivity contribution in [3.63, 3.8) is 0 Å². The Morgan fingerprint density at radius 3 is 2.48 bits per heavy atom. The summed E-state index contributed by atoms with van der Waals surface area (Å²) in [5.41, 5.74) is 3.69. The van der Waals surface area contributed by atoms with Crippen molar-refractivity contribution in [2.75, 3.05) is 14.2 Å². The molecule has 140 valence electrons. The Morgan fingerprint density at radius 1 is 1.04 bits per heavy atom. The molecule has 2 aromatic carbocycles. The fraction of sp³-hybridized carbons (Fsp3) is 0.238. The first kappa shape index (κ1) is 18.5. The molecular weight excluding hydrogens is 344 g/mol. The van der Waals surface area contributed by atoms with Crippen LogP contribution in [0.25, 0.3) is 10.9 Å². The highest BCUT2D eigenvalue weighted by atomic mass is 16.5. The maximum absolute atomic E-state index is 12.5. The summed E-state index contributed by atoms with van der Waals surface area (Å²) in [4.78, 5) is 27.7. The van der Waals surface area contributed by atoms with Gasteiger partial charge in [0.15, 0.2) is 11.5 Å². The molecule has 0 fully saturated rings. The summed E-state index contributed by atoms with van der Waals surface area (Å²) in [5, 5.41) is 3.75. The summed E-state index contributed by atoms with van der Waals surface area (Å²) in [6, 6.07) is 10.8. The maximum atomic E-state index is 12.5. The van der Waals surface area contributed by atoms with E-state index in [1.807, 2.05) is 26.0 Å². The molecule has 0 aliphatic heterocycles. The van der Waals surface area contributed by atoms with E-state index in [4.69, 9.17) is 9.47 Å². The molecule has 0 aliphatic rings. The number of methoxy groups -OCH3 is 2. The number of aryl methyl sites for hydroxylation is 2. The zero-order valence-corrected chi connectivity index (χ0v) is 15.8. The summed E-state index contributed by atoms with van der Waals surface area (Å²) in [6.07, 6.45) is 0. The average Bonchev–Trinajstić information content (AvgIpc) is 2.65. The van der Waals surface area contributed by atoms with Gasteiger partial charge in [-0.25, -0.2) is 0 Å². The minimum atomic E-state index is -0.295. The lowest BCUT2D eigenvalue weighted by Crippen LogP contribution is -2.26. The van der Waals surface area contributed by atoms with Gasteiger partial charge in [-0.2, -0.15) is 0 Å². The third-order valence-electron chi connectivity index (χ3n) is 4.47. The SMILES string of the molecule is COc1ccc(C(=O)NCc2cc3c(C)cc(C)cc3[nH]c2=O)cc1OC. The monoisotopic (exact) mass is 366 g/mol. The summed E-state index contributed by atoms with van der Waals surface area (Å²) in [6.45, 7) is 4.12. The lowest BCUT2D eigenvalue weighted by atomic mass is 10.0. The van der Waals surface area contributed by atoms with Gasteiger partial charge in [0.25, 0.3) is 11.5 Å². The number of aromatic amines is 1. The van der Waals surface area contributed by atoms with Gasteiger partial charge in [0.05, 0.1) is 14.2 Å². The normalized spacial score (nSPS) is 10.7. The molecule has 3 aromatic rings. The third kappa shape index (κ3) is 3.79. The number of nitrogens with one attached hydrogen (secondary N) is 2. The van der Waals surface area contributed by atoms with Crippen LogP contribution in [0, 0.1) is 13.8 Å². The van der Waals surface area contributed by atoms with Crippen molar-refractivity contribution in [3.8, 4) is 11.5 Å². The number of carbonyl (C=O) groups is 1. The summed E-state index contributed by atoms with van der Waals surface area (Å²) >= 11 is 0. The van der Waals surface area contributed by atoms with Crippen molar-refractivity contribution in [2.24, 2.45) is 0 Å². The van der Waals surface area contributed by atoms with E-state index in [2.05, 4.69) is 16.4 Å². The van der Waals surface area contributed by atoms with Gasteiger partial charge in [-0.15, -0.1) is 0 Å². The smallest absolute Gasteiger partial charge is 0.253 e. The summed E-state index contributed by atoms with van der Waals surface area (Å²) in [7, 11) is 3.05. The molecule has 2 N–H and O–H groups in total. The second-order valence-corrected chi connectivity index (χ2v) is 6.42. The van der Waals surface area contributed by atoms with Gasteiger partial charge in [-0.1, -0.05) is 6.07 Å². The number of benzene rings is 2. The fourth-order valence-corrected chi connectivity index (χ4v) is 3.10. The Labute approximate surface area is 157 Å². The Kier molecular flexibility index (Phi) is 5.16. The van der Waals surface area contributed by atoms with Crippen LogP contribution < -0.4 is 20.3 Å². The van der Waals surface area contributed by atoms with E-state index < -0.39 is 0 Å². The molecule has 0 spiro atoms. The Morgan fingerprint density at radius 2 is 1.78 bits per heavy atom. The van der Waals surface area contributed by atoms with Gasteiger partial charge in [0, 0.05) is 28.6 Å². The van der Waals surface area contributed by atoms with Gasteiger partial charge >= 0.3 is 0 Å². The molecule has 0 atom stereocenters. The quantitative estimate of drug-likeness (QED) is 0.727. The van der Waals surface area contributed by atoms with Crippen LogP contribution in [0.4, 0.5) is 0 Å². The van der Waals surface area contributed by atoms with Crippen molar-refractivity contribution >= 4 is 16.8 Å². The Balaban J connectivity index is 1.83. The van der Waals surface area contributed by atoms with Crippen LogP contribution >= 0.6 is 0 Å². The van der Waals surface area contributed by atoms with E-state index in [-0.39, 0.29) is 18.0 Å². The number of pyridine rings is 1. The zero-order chi connectivity index (χ0) is 19.6. The molecule has 0 saturated heterocycles. The number of carbonyl (C=O) groups excluding carboxylic acids is 1. The van der Waals surface area contributed by atoms with Crippen LogP contribution in [0.1, 0.15) is 27.0 Å².